The van der Waals surface area contributed by atoms with Gasteiger partial charge in [0.05, 0.1) is 0 Å². The second-order valence-corrected chi connectivity index (χ2v) is 3.94. The van der Waals surface area contributed by atoms with Gasteiger partial charge in [0.1, 0.15) is 0 Å². The molecular formula is C10H18N4O. The van der Waals surface area contributed by atoms with E-state index in [0.29, 0.717) is 18.3 Å². The van der Waals surface area contributed by atoms with Crippen molar-refractivity contribution in [1.82, 2.24) is 15.1 Å². The lowest BCUT2D eigenvalue weighted by molar-refractivity contribution is 0.251. The maximum Gasteiger partial charge on any atom is 0.320 e. The molecule has 0 saturated heterocycles. The fraction of sp³-hybridized carbons (Fsp3) is 0.600. The first kappa shape index (κ1) is 11.6. The van der Waals surface area contributed by atoms with E-state index >= 15 is 0 Å². The van der Waals surface area contributed by atoms with Gasteiger partial charge in [0.2, 0.25) is 0 Å². The lowest BCUT2D eigenvalue weighted by atomic mass is 10.1. The van der Waals surface area contributed by atoms with E-state index in [1.165, 1.54) is 0 Å². The summed E-state index contributed by atoms with van der Waals surface area (Å²) in [6, 6.07) is 1.55. The average Bonchev–Trinajstić information content (AvgIpc) is 2.50. The van der Waals surface area contributed by atoms with Crippen molar-refractivity contribution in [2.24, 2.45) is 13.0 Å². The quantitative estimate of drug-likeness (QED) is 0.792. The summed E-state index contributed by atoms with van der Waals surface area (Å²) in [7, 11) is 1.81. The third-order valence-electron chi connectivity index (χ3n) is 1.96. The third-order valence-corrected chi connectivity index (χ3v) is 1.96. The summed E-state index contributed by atoms with van der Waals surface area (Å²) in [6.45, 7) is 4.94. The molecule has 5 nitrogen and oxygen atoms in total. The minimum Gasteiger partial charge on any atom is -0.338 e. The summed E-state index contributed by atoms with van der Waals surface area (Å²) in [5.74, 6) is 1.17. The number of nitrogens with one attached hydrogen (secondary N) is 2. The smallest absolute Gasteiger partial charge is 0.320 e. The Morgan fingerprint density at radius 3 is 2.87 bits per heavy atom. The van der Waals surface area contributed by atoms with Crippen LogP contribution in [0.1, 0.15) is 20.3 Å². The molecule has 1 aromatic heterocycles. The molecule has 0 atom stereocenters. The highest BCUT2D eigenvalue weighted by molar-refractivity contribution is 5.88. The topological polar surface area (TPSA) is 59.0 Å². The van der Waals surface area contributed by atoms with Crippen molar-refractivity contribution in [3.05, 3.63) is 12.3 Å². The molecule has 0 aliphatic carbocycles. The Labute approximate surface area is 89.9 Å². The molecule has 84 valence electrons. The number of aryl methyl sites for hydroxylation is 1. The molecule has 0 unspecified atom stereocenters. The number of anilines is 1. The minimum absolute atomic E-state index is 0.200. The number of aromatic nitrogens is 2. The number of amides is 2. The lowest BCUT2D eigenvalue weighted by Gasteiger charge is -2.06. The Hall–Kier alpha value is -1.52. The molecule has 2 N–H and O–H groups in total. The first-order valence-electron chi connectivity index (χ1n) is 5.12. The number of rotatable bonds is 4. The number of hydrogen-bond donors (Lipinski definition) is 2. The fourth-order valence-electron chi connectivity index (χ4n) is 1.12. The summed E-state index contributed by atoms with van der Waals surface area (Å²) in [5.41, 5.74) is 0. The summed E-state index contributed by atoms with van der Waals surface area (Å²) < 4.78 is 1.64. The van der Waals surface area contributed by atoms with Crippen LogP contribution < -0.4 is 10.6 Å². The van der Waals surface area contributed by atoms with Gasteiger partial charge in [0.15, 0.2) is 5.82 Å². The van der Waals surface area contributed by atoms with Crippen LogP contribution in [0.4, 0.5) is 10.6 Å². The van der Waals surface area contributed by atoms with Gasteiger partial charge >= 0.3 is 6.03 Å². The van der Waals surface area contributed by atoms with Crippen LogP contribution in [0.5, 0.6) is 0 Å². The van der Waals surface area contributed by atoms with Crippen LogP contribution in [0, 0.1) is 5.92 Å². The van der Waals surface area contributed by atoms with E-state index in [2.05, 4.69) is 29.6 Å². The number of urea groups is 1. The van der Waals surface area contributed by atoms with Crippen molar-refractivity contribution in [3.63, 3.8) is 0 Å². The number of hydrogen-bond acceptors (Lipinski definition) is 2. The van der Waals surface area contributed by atoms with Crippen LogP contribution in [0.15, 0.2) is 12.3 Å². The second-order valence-electron chi connectivity index (χ2n) is 3.94. The molecule has 1 aromatic rings. The highest BCUT2D eigenvalue weighted by Crippen LogP contribution is 2.00. The molecule has 1 heterocycles. The van der Waals surface area contributed by atoms with Gasteiger partial charge in [-0.3, -0.25) is 10.00 Å². The van der Waals surface area contributed by atoms with Crippen molar-refractivity contribution in [3.8, 4) is 0 Å². The molecule has 0 aromatic carbocycles. The zero-order valence-electron chi connectivity index (χ0n) is 9.45. The Morgan fingerprint density at radius 2 is 2.33 bits per heavy atom. The Kier molecular flexibility index (Phi) is 4.15. The first-order chi connectivity index (χ1) is 7.08. The van der Waals surface area contributed by atoms with E-state index < -0.39 is 0 Å². The number of carbonyl (C=O) groups is 1. The fourth-order valence-corrected chi connectivity index (χ4v) is 1.12. The second kappa shape index (κ2) is 5.38. The number of nitrogens with zero attached hydrogens (tertiary/aromatic N) is 2. The zero-order chi connectivity index (χ0) is 11.3. The van der Waals surface area contributed by atoms with Crippen molar-refractivity contribution >= 4 is 11.8 Å². The predicted molar refractivity (Wildman–Crippen MR) is 59.7 cm³/mol. The Bertz CT molecular complexity index is 319. The van der Waals surface area contributed by atoms with E-state index in [9.17, 15) is 4.79 Å². The zero-order valence-corrected chi connectivity index (χ0v) is 9.45. The van der Waals surface area contributed by atoms with Gasteiger partial charge in [-0.15, -0.1) is 0 Å². The molecule has 2 amide bonds. The van der Waals surface area contributed by atoms with Crippen LogP contribution in [-0.2, 0) is 7.05 Å². The molecule has 1 rings (SSSR count). The molecule has 0 aliphatic heterocycles. The van der Waals surface area contributed by atoms with Crippen LogP contribution >= 0.6 is 0 Å². The normalized spacial score (nSPS) is 10.4. The summed E-state index contributed by atoms with van der Waals surface area (Å²) >= 11 is 0. The lowest BCUT2D eigenvalue weighted by Crippen LogP contribution is -2.30. The standard InChI is InChI=1S/C10H18N4O/c1-8(2)4-6-11-10(15)12-9-5-7-14(3)13-9/h5,7-8H,4,6H2,1-3H3,(H2,11,12,13,15). The van der Waals surface area contributed by atoms with Crippen molar-refractivity contribution < 1.29 is 4.79 Å². The average molecular weight is 210 g/mol. The predicted octanol–water partition coefficient (Wildman–Crippen LogP) is 1.59. The largest absolute Gasteiger partial charge is 0.338 e. The van der Waals surface area contributed by atoms with Gasteiger partial charge in [0, 0.05) is 25.9 Å². The highest BCUT2D eigenvalue weighted by atomic mass is 16.2. The van der Waals surface area contributed by atoms with E-state index in [1.54, 1.807) is 16.9 Å². The molecular weight excluding hydrogens is 192 g/mol. The van der Waals surface area contributed by atoms with Gasteiger partial charge in [-0.1, -0.05) is 13.8 Å². The maximum atomic E-state index is 11.3. The summed E-state index contributed by atoms with van der Waals surface area (Å²) in [6.07, 6.45) is 2.76. The molecule has 0 saturated carbocycles. The summed E-state index contributed by atoms with van der Waals surface area (Å²) in [5, 5.41) is 9.47. The molecule has 0 bridgehead atoms. The Morgan fingerprint density at radius 1 is 1.60 bits per heavy atom. The van der Waals surface area contributed by atoms with E-state index in [1.807, 2.05) is 7.05 Å². The highest BCUT2D eigenvalue weighted by Gasteiger charge is 2.03. The molecule has 0 spiro atoms. The maximum absolute atomic E-state index is 11.3. The third kappa shape index (κ3) is 4.49. The van der Waals surface area contributed by atoms with Crippen molar-refractivity contribution in [1.29, 1.82) is 0 Å². The van der Waals surface area contributed by atoms with Crippen LogP contribution in [0.2, 0.25) is 0 Å². The molecule has 0 aliphatic rings. The molecule has 0 fully saturated rings. The van der Waals surface area contributed by atoms with Crippen molar-refractivity contribution in [2.75, 3.05) is 11.9 Å². The van der Waals surface area contributed by atoms with E-state index in [0.717, 1.165) is 6.42 Å². The summed E-state index contributed by atoms with van der Waals surface area (Å²) in [4.78, 5) is 11.3. The first-order valence-corrected chi connectivity index (χ1v) is 5.12. The van der Waals surface area contributed by atoms with Gasteiger partial charge in [-0.05, 0) is 12.3 Å². The van der Waals surface area contributed by atoms with Crippen molar-refractivity contribution in [2.45, 2.75) is 20.3 Å². The van der Waals surface area contributed by atoms with E-state index in [-0.39, 0.29) is 6.03 Å². The molecule has 15 heavy (non-hydrogen) atoms. The Balaban J connectivity index is 2.24. The van der Waals surface area contributed by atoms with Gasteiger partial charge < -0.3 is 5.32 Å². The van der Waals surface area contributed by atoms with E-state index in [4.69, 9.17) is 0 Å². The molecule has 5 heteroatoms. The van der Waals surface area contributed by atoms with Crippen LogP contribution in [-0.4, -0.2) is 22.4 Å². The van der Waals surface area contributed by atoms with Gasteiger partial charge in [-0.25, -0.2) is 4.79 Å². The monoisotopic (exact) mass is 210 g/mol. The van der Waals surface area contributed by atoms with Gasteiger partial charge in [-0.2, -0.15) is 5.10 Å². The van der Waals surface area contributed by atoms with Crippen LogP contribution in [0.25, 0.3) is 0 Å². The number of carbonyl (C=O) groups excluding carboxylic acids is 1. The van der Waals surface area contributed by atoms with Crippen LogP contribution in [0.3, 0.4) is 0 Å². The minimum atomic E-state index is -0.200. The van der Waals surface area contributed by atoms with Gasteiger partial charge in [0.25, 0.3) is 0 Å². The SMILES string of the molecule is CC(C)CCNC(=O)Nc1ccn(C)n1. The molecule has 0 radical (unpaired) electrons.